The van der Waals surface area contributed by atoms with Crippen molar-refractivity contribution in [3.05, 3.63) is 59.7 Å². The standard InChI is InChI=1S/C28H36N2O4/c1-28(20-31)14-17-30(18-15-28)26(32)13-3-2-8-16-29-27(33)34-19-25-23-11-6-4-9-21(23)22-10-5-7-12-24(22)25/h4-7,9-12,25,31H,2-3,8,13-20H2,1H3,(H,29,33). The maximum Gasteiger partial charge on any atom is 0.407 e. The number of alkyl carbamates (subject to hydrolysis) is 1. The minimum absolute atomic E-state index is 0.0401. The van der Waals surface area contributed by atoms with E-state index in [0.717, 1.165) is 45.2 Å². The molecule has 0 atom stereocenters. The summed E-state index contributed by atoms with van der Waals surface area (Å²) < 4.78 is 5.56. The van der Waals surface area contributed by atoms with Gasteiger partial charge in [-0.3, -0.25) is 4.79 Å². The molecule has 0 unspecified atom stereocenters. The van der Waals surface area contributed by atoms with Gasteiger partial charge >= 0.3 is 6.09 Å². The van der Waals surface area contributed by atoms with Crippen molar-refractivity contribution in [1.29, 1.82) is 0 Å². The van der Waals surface area contributed by atoms with Crippen LogP contribution in [0.15, 0.2) is 48.5 Å². The molecule has 0 spiro atoms. The van der Waals surface area contributed by atoms with E-state index in [9.17, 15) is 14.7 Å². The lowest BCUT2D eigenvalue weighted by Gasteiger charge is -2.38. The van der Waals surface area contributed by atoms with Gasteiger partial charge in [-0.05, 0) is 53.4 Å². The number of hydrogen-bond acceptors (Lipinski definition) is 4. The van der Waals surface area contributed by atoms with Crippen LogP contribution in [-0.4, -0.2) is 54.9 Å². The van der Waals surface area contributed by atoms with E-state index in [2.05, 4.69) is 36.5 Å². The Balaban J connectivity index is 1.12. The Hall–Kier alpha value is -2.86. The van der Waals surface area contributed by atoms with Crippen LogP contribution in [0.3, 0.4) is 0 Å². The molecule has 182 valence electrons. The highest BCUT2D eigenvalue weighted by Crippen LogP contribution is 2.44. The highest BCUT2D eigenvalue weighted by Gasteiger charge is 2.31. The molecule has 0 bridgehead atoms. The molecular formula is C28H36N2O4. The molecule has 6 nitrogen and oxygen atoms in total. The summed E-state index contributed by atoms with van der Waals surface area (Å²) in [5.41, 5.74) is 4.80. The zero-order chi connectivity index (χ0) is 24.0. The molecule has 2 aliphatic rings. The lowest BCUT2D eigenvalue weighted by atomic mass is 9.81. The van der Waals surface area contributed by atoms with Crippen molar-refractivity contribution in [2.24, 2.45) is 5.41 Å². The molecule has 6 heteroatoms. The number of nitrogens with zero attached hydrogens (tertiary/aromatic N) is 1. The molecule has 2 amide bonds. The second-order valence-corrected chi connectivity index (χ2v) is 9.91. The predicted molar refractivity (Wildman–Crippen MR) is 133 cm³/mol. The first-order valence-corrected chi connectivity index (χ1v) is 12.5. The molecule has 34 heavy (non-hydrogen) atoms. The van der Waals surface area contributed by atoms with Gasteiger partial charge in [0.2, 0.25) is 5.91 Å². The van der Waals surface area contributed by atoms with Gasteiger partial charge in [-0.2, -0.15) is 0 Å². The summed E-state index contributed by atoms with van der Waals surface area (Å²) in [5.74, 6) is 0.263. The number of rotatable bonds is 9. The molecule has 4 rings (SSSR count). The number of fused-ring (bicyclic) bond motifs is 3. The molecule has 1 heterocycles. The minimum atomic E-state index is -0.391. The number of ether oxygens (including phenoxy) is 1. The first kappa shape index (κ1) is 24.3. The Morgan fingerprint density at radius 3 is 2.24 bits per heavy atom. The molecule has 0 saturated carbocycles. The van der Waals surface area contributed by atoms with Crippen LogP contribution in [0.5, 0.6) is 0 Å². The van der Waals surface area contributed by atoms with Crippen LogP contribution in [-0.2, 0) is 9.53 Å². The number of nitrogens with one attached hydrogen (secondary N) is 1. The van der Waals surface area contributed by atoms with Crippen molar-refractivity contribution in [2.45, 2.75) is 51.4 Å². The number of piperidine rings is 1. The van der Waals surface area contributed by atoms with Gasteiger partial charge < -0.3 is 20.1 Å². The number of carbonyl (C=O) groups is 2. The van der Waals surface area contributed by atoms with Gasteiger partial charge in [0.15, 0.2) is 0 Å². The first-order valence-electron chi connectivity index (χ1n) is 12.5. The monoisotopic (exact) mass is 464 g/mol. The van der Waals surface area contributed by atoms with E-state index < -0.39 is 6.09 Å². The van der Waals surface area contributed by atoms with Crippen molar-refractivity contribution in [3.63, 3.8) is 0 Å². The minimum Gasteiger partial charge on any atom is -0.449 e. The number of unbranched alkanes of at least 4 members (excludes halogenated alkanes) is 2. The molecule has 1 aliphatic heterocycles. The number of aliphatic hydroxyl groups is 1. The van der Waals surface area contributed by atoms with Gasteiger partial charge in [-0.15, -0.1) is 0 Å². The predicted octanol–water partition coefficient (Wildman–Crippen LogP) is 4.71. The Morgan fingerprint density at radius 2 is 1.62 bits per heavy atom. The van der Waals surface area contributed by atoms with Crippen molar-refractivity contribution >= 4 is 12.0 Å². The third kappa shape index (κ3) is 5.61. The van der Waals surface area contributed by atoms with Crippen LogP contribution < -0.4 is 5.32 Å². The fourth-order valence-electron chi connectivity index (χ4n) is 5.03. The highest BCUT2D eigenvalue weighted by molar-refractivity contribution is 5.79. The van der Waals surface area contributed by atoms with E-state index in [1.807, 2.05) is 29.2 Å². The summed E-state index contributed by atoms with van der Waals surface area (Å²) >= 11 is 0. The molecule has 1 saturated heterocycles. The summed E-state index contributed by atoms with van der Waals surface area (Å²) in [6.45, 7) is 4.60. The quantitative estimate of drug-likeness (QED) is 0.527. The molecule has 2 aromatic carbocycles. The fraction of sp³-hybridized carbons (Fsp3) is 0.500. The number of likely N-dealkylation sites (tertiary alicyclic amines) is 1. The molecule has 0 aromatic heterocycles. The smallest absolute Gasteiger partial charge is 0.407 e. The third-order valence-corrected chi connectivity index (χ3v) is 7.39. The Kier molecular flexibility index (Phi) is 7.88. The van der Waals surface area contributed by atoms with Crippen molar-refractivity contribution in [3.8, 4) is 11.1 Å². The van der Waals surface area contributed by atoms with Crippen molar-refractivity contribution in [2.75, 3.05) is 32.8 Å². The summed E-state index contributed by atoms with van der Waals surface area (Å²) in [6.07, 6.45) is 4.40. The summed E-state index contributed by atoms with van der Waals surface area (Å²) in [5, 5.41) is 12.3. The van der Waals surface area contributed by atoms with E-state index in [0.29, 0.717) is 19.6 Å². The van der Waals surface area contributed by atoms with Crippen LogP contribution in [0.2, 0.25) is 0 Å². The molecular weight excluding hydrogens is 428 g/mol. The zero-order valence-electron chi connectivity index (χ0n) is 20.1. The average molecular weight is 465 g/mol. The largest absolute Gasteiger partial charge is 0.449 e. The summed E-state index contributed by atoms with van der Waals surface area (Å²) in [4.78, 5) is 26.6. The van der Waals surface area contributed by atoms with Crippen LogP contribution in [0.4, 0.5) is 4.79 Å². The van der Waals surface area contributed by atoms with Crippen molar-refractivity contribution < 1.29 is 19.4 Å². The Bertz CT molecular complexity index is 952. The van der Waals surface area contributed by atoms with Gasteiger partial charge in [0.05, 0.1) is 0 Å². The van der Waals surface area contributed by atoms with E-state index in [4.69, 9.17) is 4.74 Å². The topological polar surface area (TPSA) is 78.9 Å². The van der Waals surface area contributed by atoms with Gasteiger partial charge in [0.1, 0.15) is 6.61 Å². The molecule has 2 N–H and O–H groups in total. The molecule has 0 radical (unpaired) electrons. The van der Waals surface area contributed by atoms with E-state index in [1.54, 1.807) is 0 Å². The SMILES string of the molecule is CC1(CO)CCN(C(=O)CCCCCNC(=O)OCC2c3ccccc3-c3ccccc32)CC1. The summed E-state index contributed by atoms with van der Waals surface area (Å²) in [7, 11) is 0. The van der Waals surface area contributed by atoms with Gasteiger partial charge in [0, 0.05) is 38.6 Å². The van der Waals surface area contributed by atoms with Crippen LogP contribution in [0, 0.1) is 5.41 Å². The van der Waals surface area contributed by atoms with E-state index in [-0.39, 0.29) is 23.8 Å². The first-order chi connectivity index (χ1) is 16.5. The maximum absolute atomic E-state index is 12.4. The third-order valence-electron chi connectivity index (χ3n) is 7.39. The fourth-order valence-corrected chi connectivity index (χ4v) is 5.03. The van der Waals surface area contributed by atoms with Crippen molar-refractivity contribution in [1.82, 2.24) is 10.2 Å². The Morgan fingerprint density at radius 1 is 1.00 bits per heavy atom. The molecule has 1 fully saturated rings. The Labute approximate surface area is 202 Å². The average Bonchev–Trinajstić information content (AvgIpc) is 3.19. The number of aliphatic hydroxyl groups excluding tert-OH is 1. The van der Waals surface area contributed by atoms with E-state index >= 15 is 0 Å². The number of amides is 2. The van der Waals surface area contributed by atoms with Crippen LogP contribution >= 0.6 is 0 Å². The normalized spacial score (nSPS) is 16.6. The van der Waals surface area contributed by atoms with Gasteiger partial charge in [-0.25, -0.2) is 4.79 Å². The second kappa shape index (κ2) is 11.0. The van der Waals surface area contributed by atoms with Gasteiger partial charge in [-0.1, -0.05) is 61.9 Å². The second-order valence-electron chi connectivity index (χ2n) is 9.91. The summed E-state index contributed by atoms with van der Waals surface area (Å²) in [6, 6.07) is 16.6. The number of benzene rings is 2. The number of hydrogen-bond donors (Lipinski definition) is 2. The van der Waals surface area contributed by atoms with Crippen LogP contribution in [0.25, 0.3) is 11.1 Å². The zero-order valence-corrected chi connectivity index (χ0v) is 20.1. The van der Waals surface area contributed by atoms with Crippen LogP contribution in [0.1, 0.15) is 62.5 Å². The number of carbonyl (C=O) groups excluding carboxylic acids is 2. The lowest BCUT2D eigenvalue weighted by molar-refractivity contribution is -0.134. The lowest BCUT2D eigenvalue weighted by Crippen LogP contribution is -2.43. The maximum atomic E-state index is 12.4. The molecule has 2 aromatic rings. The molecule has 1 aliphatic carbocycles. The highest BCUT2D eigenvalue weighted by atomic mass is 16.5. The van der Waals surface area contributed by atoms with E-state index in [1.165, 1.54) is 22.3 Å². The van der Waals surface area contributed by atoms with Gasteiger partial charge in [0.25, 0.3) is 0 Å².